The summed E-state index contributed by atoms with van der Waals surface area (Å²) >= 11 is 0. The Labute approximate surface area is 114 Å². The molecule has 108 valence electrons. The maximum Gasteiger partial charge on any atom is 0.274 e. The van der Waals surface area contributed by atoms with Crippen molar-refractivity contribution in [1.82, 2.24) is 4.72 Å². The van der Waals surface area contributed by atoms with E-state index in [-0.39, 0.29) is 17.7 Å². The second kappa shape index (κ2) is 6.54. The molecule has 3 N–H and O–H groups in total. The van der Waals surface area contributed by atoms with Gasteiger partial charge in [-0.1, -0.05) is 32.1 Å². The summed E-state index contributed by atoms with van der Waals surface area (Å²) in [6, 6.07) is 3.09. The van der Waals surface area contributed by atoms with E-state index in [1.807, 2.05) is 0 Å². The lowest BCUT2D eigenvalue weighted by molar-refractivity contribution is 0.396. The summed E-state index contributed by atoms with van der Waals surface area (Å²) in [4.78, 5) is 0. The molecule has 0 unspecified atom stereocenters. The van der Waals surface area contributed by atoms with Crippen LogP contribution in [0.15, 0.2) is 21.6 Å². The summed E-state index contributed by atoms with van der Waals surface area (Å²) < 4.78 is 32.3. The Kier molecular flexibility index (Phi) is 5.01. The number of hydrogen-bond donors (Lipinski definition) is 2. The molecule has 1 aromatic rings. The lowest BCUT2D eigenvalue weighted by Crippen LogP contribution is -2.35. The first kappa shape index (κ1) is 14.6. The van der Waals surface area contributed by atoms with Gasteiger partial charge in [0.2, 0.25) is 5.09 Å². The van der Waals surface area contributed by atoms with Gasteiger partial charge in [-0.3, -0.25) is 0 Å². The van der Waals surface area contributed by atoms with Gasteiger partial charge in [-0.2, -0.15) is 0 Å². The third-order valence-electron chi connectivity index (χ3n) is 3.53. The van der Waals surface area contributed by atoms with Crippen molar-refractivity contribution in [2.24, 2.45) is 5.73 Å². The van der Waals surface area contributed by atoms with Crippen LogP contribution >= 0.6 is 0 Å². The molecule has 1 aromatic heterocycles. The molecule has 0 aliphatic heterocycles. The van der Waals surface area contributed by atoms with E-state index in [9.17, 15) is 8.42 Å². The second-order valence-electron chi connectivity index (χ2n) is 5.09. The van der Waals surface area contributed by atoms with E-state index in [2.05, 4.69) is 4.72 Å². The van der Waals surface area contributed by atoms with Gasteiger partial charge in [0.25, 0.3) is 10.0 Å². The van der Waals surface area contributed by atoms with Gasteiger partial charge in [-0.05, 0) is 25.0 Å². The Hall–Kier alpha value is -0.850. The van der Waals surface area contributed by atoms with E-state index in [0.717, 1.165) is 25.7 Å². The molecule has 6 heteroatoms. The minimum Gasteiger partial charge on any atom is -0.447 e. The van der Waals surface area contributed by atoms with Gasteiger partial charge in [0, 0.05) is 6.04 Å². The van der Waals surface area contributed by atoms with Crippen molar-refractivity contribution in [3.63, 3.8) is 0 Å². The molecule has 1 heterocycles. The first-order valence-electron chi connectivity index (χ1n) is 6.93. The Morgan fingerprint density at radius 3 is 2.37 bits per heavy atom. The highest BCUT2D eigenvalue weighted by Crippen LogP contribution is 2.20. The fraction of sp³-hybridized carbons (Fsp3) is 0.692. The third kappa shape index (κ3) is 4.06. The Morgan fingerprint density at radius 1 is 1.16 bits per heavy atom. The predicted molar refractivity (Wildman–Crippen MR) is 73.0 cm³/mol. The van der Waals surface area contributed by atoms with Crippen LogP contribution in [0.1, 0.15) is 50.7 Å². The summed E-state index contributed by atoms with van der Waals surface area (Å²) in [6.07, 6.45) is 7.62. The Balaban J connectivity index is 2.02. The zero-order valence-electron chi connectivity index (χ0n) is 11.1. The van der Waals surface area contributed by atoms with Crippen molar-refractivity contribution in [2.45, 2.75) is 62.6 Å². The Morgan fingerprint density at radius 2 is 1.79 bits per heavy atom. The van der Waals surface area contributed by atoms with Crippen LogP contribution in [0.25, 0.3) is 0 Å². The number of rotatable bonds is 4. The normalized spacial score (nSPS) is 19.0. The van der Waals surface area contributed by atoms with Crippen LogP contribution < -0.4 is 10.5 Å². The molecule has 1 aliphatic rings. The molecule has 0 spiro atoms. The molecule has 0 bridgehead atoms. The maximum absolute atomic E-state index is 12.2. The van der Waals surface area contributed by atoms with E-state index >= 15 is 0 Å². The summed E-state index contributed by atoms with van der Waals surface area (Å²) in [5.41, 5.74) is 5.42. The molecular formula is C13H22N2O3S. The van der Waals surface area contributed by atoms with Crippen LogP contribution in [-0.4, -0.2) is 14.5 Å². The minimum absolute atomic E-state index is 0.0247. The van der Waals surface area contributed by atoms with E-state index in [1.165, 1.54) is 25.3 Å². The summed E-state index contributed by atoms with van der Waals surface area (Å²) in [5, 5.41) is -0.0324. The number of hydrogen-bond acceptors (Lipinski definition) is 4. The molecule has 1 aliphatic carbocycles. The number of nitrogens with two attached hydrogens (primary N) is 1. The lowest BCUT2D eigenvalue weighted by Gasteiger charge is -2.20. The van der Waals surface area contributed by atoms with Crippen molar-refractivity contribution in [2.75, 3.05) is 0 Å². The predicted octanol–water partition coefficient (Wildman–Crippen LogP) is 2.13. The van der Waals surface area contributed by atoms with Gasteiger partial charge in [0.05, 0.1) is 6.54 Å². The van der Waals surface area contributed by atoms with Crippen molar-refractivity contribution >= 4 is 10.0 Å². The number of sulfonamides is 1. The van der Waals surface area contributed by atoms with Crippen molar-refractivity contribution in [3.8, 4) is 0 Å². The highest BCUT2D eigenvalue weighted by molar-refractivity contribution is 7.89. The maximum atomic E-state index is 12.2. The minimum atomic E-state index is -3.55. The molecule has 0 aromatic carbocycles. The smallest absolute Gasteiger partial charge is 0.274 e. The standard InChI is InChI=1S/C13H22N2O3S/c14-10-12-8-9-13(18-12)19(16,17)15-11-6-4-2-1-3-5-7-11/h8-9,11,15H,1-7,10,14H2. The van der Waals surface area contributed by atoms with Gasteiger partial charge < -0.3 is 10.2 Å². The fourth-order valence-electron chi connectivity index (χ4n) is 2.46. The Bertz CT molecular complexity index is 488. The van der Waals surface area contributed by atoms with Gasteiger partial charge >= 0.3 is 0 Å². The fourth-order valence-corrected chi connectivity index (χ4v) is 3.72. The number of furan rings is 1. The third-order valence-corrected chi connectivity index (χ3v) is 4.92. The van der Waals surface area contributed by atoms with Crippen LogP contribution in [0.3, 0.4) is 0 Å². The van der Waals surface area contributed by atoms with Gasteiger partial charge in [-0.15, -0.1) is 0 Å². The first-order valence-corrected chi connectivity index (χ1v) is 8.41. The second-order valence-corrected chi connectivity index (χ2v) is 6.73. The van der Waals surface area contributed by atoms with Crippen LogP contribution in [0.5, 0.6) is 0 Å². The molecule has 1 fully saturated rings. The molecule has 2 rings (SSSR count). The van der Waals surface area contributed by atoms with Gasteiger partial charge in [0.1, 0.15) is 5.76 Å². The van der Waals surface area contributed by atoms with E-state index in [4.69, 9.17) is 10.2 Å². The molecule has 19 heavy (non-hydrogen) atoms. The molecule has 0 amide bonds. The molecular weight excluding hydrogens is 264 g/mol. The van der Waals surface area contributed by atoms with Crippen LogP contribution in [0.4, 0.5) is 0 Å². The van der Waals surface area contributed by atoms with Crippen LogP contribution in [0, 0.1) is 0 Å². The molecule has 5 nitrogen and oxygen atoms in total. The van der Waals surface area contributed by atoms with Crippen LogP contribution in [-0.2, 0) is 16.6 Å². The zero-order chi connectivity index (χ0) is 13.7. The number of nitrogens with one attached hydrogen (secondary N) is 1. The summed E-state index contributed by atoms with van der Waals surface area (Å²) in [6.45, 7) is 0.207. The summed E-state index contributed by atoms with van der Waals surface area (Å²) in [5.74, 6) is 0.484. The SMILES string of the molecule is NCc1ccc(S(=O)(=O)NC2CCCCCCC2)o1. The molecule has 0 saturated heterocycles. The monoisotopic (exact) mass is 286 g/mol. The van der Waals surface area contributed by atoms with Crippen molar-refractivity contribution in [1.29, 1.82) is 0 Å². The summed E-state index contributed by atoms with van der Waals surface area (Å²) in [7, 11) is -3.55. The molecule has 0 radical (unpaired) electrons. The topological polar surface area (TPSA) is 85.3 Å². The largest absolute Gasteiger partial charge is 0.447 e. The lowest BCUT2D eigenvalue weighted by atomic mass is 9.97. The first-order chi connectivity index (χ1) is 9.12. The molecule has 0 atom stereocenters. The van der Waals surface area contributed by atoms with Crippen molar-refractivity contribution in [3.05, 3.63) is 17.9 Å². The van der Waals surface area contributed by atoms with Crippen molar-refractivity contribution < 1.29 is 12.8 Å². The average molecular weight is 286 g/mol. The molecule has 1 saturated carbocycles. The van der Waals surface area contributed by atoms with Crippen LogP contribution in [0.2, 0.25) is 0 Å². The van der Waals surface area contributed by atoms with E-state index < -0.39 is 10.0 Å². The van der Waals surface area contributed by atoms with E-state index in [1.54, 1.807) is 6.07 Å². The highest BCUT2D eigenvalue weighted by atomic mass is 32.2. The quantitative estimate of drug-likeness (QED) is 0.888. The van der Waals surface area contributed by atoms with Gasteiger partial charge in [0.15, 0.2) is 0 Å². The van der Waals surface area contributed by atoms with E-state index in [0.29, 0.717) is 5.76 Å². The van der Waals surface area contributed by atoms with Gasteiger partial charge in [-0.25, -0.2) is 13.1 Å². The zero-order valence-corrected chi connectivity index (χ0v) is 11.9. The average Bonchev–Trinajstić information content (AvgIpc) is 2.82. The highest BCUT2D eigenvalue weighted by Gasteiger charge is 2.23.